The topological polar surface area (TPSA) is 567 Å². The lowest BCUT2D eigenvalue weighted by atomic mass is 10.00. The number of carboxylic acids is 1. The molecule has 34 nitrogen and oxygen atoms in total. The maximum Gasteiger partial charge on any atom is 0.326 e. The first-order chi connectivity index (χ1) is 46.6. The number of aliphatic imine (C=N–C) groups is 2. The number of carbonyl (C=O) groups is 9. The maximum absolute atomic E-state index is 15.4. The molecule has 0 saturated heterocycles. The highest BCUT2D eigenvalue weighted by Gasteiger charge is 2.36. The molecule has 7 rings (SSSR count). The monoisotopic (exact) mass is 1340 g/mol. The van der Waals surface area contributed by atoms with Crippen LogP contribution in [0.1, 0.15) is 67.3 Å². The number of amides is 8. The van der Waals surface area contributed by atoms with Gasteiger partial charge in [-0.15, -0.1) is 0 Å². The van der Waals surface area contributed by atoms with Crippen molar-refractivity contribution in [3.63, 3.8) is 0 Å². The first kappa shape index (κ1) is 72.7. The number of hydrogen-bond donors (Lipinski definition) is 22. The fraction of sp³-hybridized carbons (Fsp3) is 0.381. The summed E-state index contributed by atoms with van der Waals surface area (Å²) in [5.74, 6) is -9.24. The van der Waals surface area contributed by atoms with Crippen LogP contribution in [0.3, 0.4) is 0 Å². The van der Waals surface area contributed by atoms with E-state index in [-0.39, 0.29) is 115 Å². The Morgan fingerprint density at radius 2 is 0.928 bits per heavy atom. The molecule has 0 radical (unpaired) electrons. The second-order valence-corrected chi connectivity index (χ2v) is 23.0. The van der Waals surface area contributed by atoms with Crippen molar-refractivity contribution >= 4 is 105 Å². The largest absolute Gasteiger partial charge is 0.480 e. The number of guanidine groups is 3. The highest BCUT2D eigenvalue weighted by atomic mass is 16.4. The SMILES string of the molecule is N=C(N)NCCC[C@H](NC(=O)[C@H](Cc1c[nH]c2ccccc12)NC(=O)[C@H](Cc1c[nH]c2ccccc12)NC(=O)[C@H](CCCNC(=N)N)NC(=O)[C@H](CCCNC(=N)N)NC(=O)[C@H](CC1=NC=NC1)NC(=O)CNC(=O)[C@@H](N)Cc1c[nH]cn1)C(=O)N[C@@H](Cc1ccccc1)C(=O)O. The van der Waals surface area contributed by atoms with E-state index < -0.39 is 108 Å². The third kappa shape index (κ3) is 23.4. The Morgan fingerprint density at radius 3 is 1.36 bits per heavy atom. The number of para-hydroxylation sites is 2. The van der Waals surface area contributed by atoms with E-state index in [4.69, 9.17) is 39.2 Å². The van der Waals surface area contributed by atoms with E-state index in [1.807, 2.05) is 6.07 Å². The van der Waals surface area contributed by atoms with Crippen LogP contribution in [0.2, 0.25) is 0 Å². The van der Waals surface area contributed by atoms with Gasteiger partial charge in [-0.1, -0.05) is 66.7 Å². The summed E-state index contributed by atoms with van der Waals surface area (Å²) in [7, 11) is 0. The van der Waals surface area contributed by atoms with Gasteiger partial charge in [0.1, 0.15) is 48.6 Å². The molecule has 1 aliphatic heterocycles. The van der Waals surface area contributed by atoms with Crippen LogP contribution in [0.5, 0.6) is 0 Å². The van der Waals surface area contributed by atoms with Crippen LogP contribution >= 0.6 is 0 Å². The van der Waals surface area contributed by atoms with Crippen LogP contribution in [0.4, 0.5) is 0 Å². The van der Waals surface area contributed by atoms with Crippen molar-refractivity contribution < 1.29 is 48.3 Å². The van der Waals surface area contributed by atoms with E-state index in [0.717, 1.165) is 0 Å². The first-order valence-corrected chi connectivity index (χ1v) is 31.4. The van der Waals surface area contributed by atoms with Gasteiger partial charge in [0.25, 0.3) is 0 Å². The molecule has 0 aliphatic carbocycles. The summed E-state index contributed by atoms with van der Waals surface area (Å²) in [5, 5.41) is 64.2. The van der Waals surface area contributed by atoms with Crippen LogP contribution < -0.4 is 81.4 Å². The number of fused-ring (bicyclic) bond motifs is 2. The van der Waals surface area contributed by atoms with Gasteiger partial charge < -0.3 is 101 Å². The molecule has 4 heterocycles. The van der Waals surface area contributed by atoms with E-state index in [2.05, 4.69) is 88.4 Å². The van der Waals surface area contributed by atoms with Crippen molar-refractivity contribution in [1.29, 1.82) is 16.2 Å². The maximum atomic E-state index is 15.4. The fourth-order valence-electron chi connectivity index (χ4n) is 10.7. The smallest absolute Gasteiger partial charge is 0.326 e. The Balaban J connectivity index is 1.17. The zero-order valence-electron chi connectivity index (χ0n) is 53.1. The first-order valence-electron chi connectivity index (χ1n) is 31.4. The Bertz CT molecular complexity index is 3800. The third-order valence-electron chi connectivity index (χ3n) is 15.6. The molecule has 0 unspecified atom stereocenters. The molecule has 6 aromatic rings. The number of aromatic amines is 3. The minimum atomic E-state index is -1.54. The van der Waals surface area contributed by atoms with Gasteiger partial charge in [-0.05, 0) is 67.3 Å². The average Bonchev–Trinajstić information content (AvgIpc) is 1.88. The van der Waals surface area contributed by atoms with E-state index in [9.17, 15) is 33.9 Å². The van der Waals surface area contributed by atoms with Crippen LogP contribution in [-0.2, 0) is 68.8 Å². The Hall–Kier alpha value is -11.7. The number of H-pyrrole nitrogens is 3. The number of nitrogens with zero attached hydrogens (tertiary/aromatic N) is 3. The highest BCUT2D eigenvalue weighted by Crippen LogP contribution is 2.22. The molecule has 0 fully saturated rings. The number of nitrogens with one attached hydrogen (secondary N) is 17. The second-order valence-electron chi connectivity index (χ2n) is 23.0. The van der Waals surface area contributed by atoms with Crippen molar-refractivity contribution in [2.45, 2.75) is 119 Å². The molecule has 0 saturated carbocycles. The number of aliphatic carboxylic acids is 1. The molecule has 3 aromatic carbocycles. The molecule has 8 amide bonds. The van der Waals surface area contributed by atoms with Gasteiger partial charge in [-0.3, -0.25) is 59.6 Å². The van der Waals surface area contributed by atoms with Crippen molar-refractivity contribution in [3.05, 3.63) is 126 Å². The van der Waals surface area contributed by atoms with Crippen LogP contribution in [0.15, 0.2) is 114 Å². The Labute approximate surface area is 556 Å². The molecular weight excluding hydrogens is 1250 g/mol. The zero-order valence-corrected chi connectivity index (χ0v) is 53.1. The molecule has 8 atom stereocenters. The lowest BCUT2D eigenvalue weighted by molar-refractivity contribution is -0.142. The van der Waals surface area contributed by atoms with Gasteiger partial charge in [-0.2, -0.15) is 0 Å². The summed E-state index contributed by atoms with van der Waals surface area (Å²) < 4.78 is 0. The number of rotatable bonds is 39. The van der Waals surface area contributed by atoms with Crippen molar-refractivity contribution in [2.24, 2.45) is 32.9 Å². The van der Waals surface area contributed by atoms with E-state index in [1.54, 1.807) is 91.4 Å². The van der Waals surface area contributed by atoms with Crippen LogP contribution in [0.25, 0.3) is 21.8 Å². The van der Waals surface area contributed by atoms with Gasteiger partial charge in [-0.25, -0.2) is 14.8 Å². The highest BCUT2D eigenvalue weighted by molar-refractivity contribution is 6.02. The van der Waals surface area contributed by atoms with E-state index in [1.165, 1.54) is 12.7 Å². The van der Waals surface area contributed by atoms with Gasteiger partial charge >= 0.3 is 5.97 Å². The van der Waals surface area contributed by atoms with Crippen molar-refractivity contribution in [2.75, 3.05) is 32.7 Å². The summed E-state index contributed by atoms with van der Waals surface area (Å²) in [6.45, 7) is -0.309. The average molecular weight is 1340 g/mol. The van der Waals surface area contributed by atoms with Crippen LogP contribution in [0, 0.1) is 16.2 Å². The lowest BCUT2D eigenvalue weighted by Gasteiger charge is -2.28. The normalized spacial score (nSPS) is 14.1. The minimum absolute atomic E-state index is 0.0392. The molecule has 3 aromatic heterocycles. The molecule has 34 heteroatoms. The Morgan fingerprint density at radius 1 is 0.495 bits per heavy atom. The number of nitrogens with two attached hydrogens (primary N) is 4. The summed E-state index contributed by atoms with van der Waals surface area (Å²) in [4.78, 5) is 150. The zero-order chi connectivity index (χ0) is 69.8. The number of carboxylic acid groups (broad SMARTS) is 1. The molecular formula is C63H84N24O10. The molecule has 0 bridgehead atoms. The molecule has 516 valence electrons. The van der Waals surface area contributed by atoms with Gasteiger partial charge in [0.2, 0.25) is 47.3 Å². The summed E-state index contributed by atoms with van der Waals surface area (Å²) in [5.41, 5.74) is 26.8. The number of imidazole rings is 1. The molecule has 0 spiro atoms. The Kier molecular flexibility index (Phi) is 27.5. The third-order valence-corrected chi connectivity index (χ3v) is 15.6. The molecule has 1 aliphatic rings. The predicted octanol–water partition coefficient (Wildman–Crippen LogP) is -2.77. The standard InChI is InChI=1S/C63H84N24O10/c64-42(26-38-30-71-33-79-38)53(89)78-32-52(88)81-50(27-39-31-72-34-80-39)59(95)84-45(17-8-20-73-61(65)66)54(90)82-46(18-9-21-74-62(67)68)55(91)85-49(25-37-29-77-44-16-7-5-14-41(37)44)58(94)86-48(24-36-28-76-43-15-6-4-13-40(36)43)57(93)83-47(19-10-22-75-63(69)70)56(92)87-51(60(96)97)23-35-11-2-1-3-12-35/h1-7,11-16,28-30,33-34,42,45-51,76-77H,8-10,17-27,31-32,64H2,(H,71,79)(H,78,89)(H,81,88)(H,82,90)(H,83,93)(H,84,95)(H,85,91)(H,86,94)(H,87,92)(H,96,97)(H4,65,66,73)(H4,67,68,74)(H4,69,70,75)/t42-,45-,46-,47-,48-,49-,50-,51-/m0/s1. The van der Waals surface area contributed by atoms with Gasteiger partial charge in [0, 0.05) is 97.8 Å². The number of aromatic nitrogens is 4. The quantitative estimate of drug-likeness (QED) is 0.0105. The predicted molar refractivity (Wildman–Crippen MR) is 361 cm³/mol. The van der Waals surface area contributed by atoms with E-state index in [0.29, 0.717) is 49.9 Å². The lowest BCUT2D eigenvalue weighted by Crippen LogP contribution is -2.60. The van der Waals surface area contributed by atoms with E-state index >= 15 is 14.4 Å². The fourth-order valence-corrected chi connectivity index (χ4v) is 10.7. The van der Waals surface area contributed by atoms with Crippen LogP contribution in [-0.4, -0.2) is 189 Å². The summed E-state index contributed by atoms with van der Waals surface area (Å²) in [6.07, 6.45) is 6.92. The van der Waals surface area contributed by atoms with Crippen molar-refractivity contribution in [1.82, 2.24) is 78.4 Å². The van der Waals surface area contributed by atoms with Crippen molar-refractivity contribution in [3.8, 4) is 0 Å². The summed E-state index contributed by atoms with van der Waals surface area (Å²) in [6, 6.07) is 11.7. The number of carbonyl (C=O) groups excluding carboxylic acids is 8. The number of benzene rings is 3. The molecule has 97 heavy (non-hydrogen) atoms. The minimum Gasteiger partial charge on any atom is -0.480 e. The molecule has 26 N–H and O–H groups in total. The summed E-state index contributed by atoms with van der Waals surface area (Å²) >= 11 is 0. The number of hydrogen-bond acceptors (Lipinski definition) is 16. The van der Waals surface area contributed by atoms with Gasteiger partial charge in [0.15, 0.2) is 17.9 Å². The van der Waals surface area contributed by atoms with Gasteiger partial charge in [0.05, 0.1) is 31.2 Å². The second kappa shape index (κ2) is 36.7.